The fraction of sp³-hybridized carbons (Fsp3) is 0.704. The van der Waals surface area contributed by atoms with Gasteiger partial charge in [-0.25, -0.2) is 9.13 Å². The summed E-state index contributed by atoms with van der Waals surface area (Å²) in [6, 6.07) is 0. The molecule has 0 heterocycles. The average molecular weight is 1450 g/mol. The number of aliphatic hydroxyl groups is 1. The fourth-order valence-electron chi connectivity index (χ4n) is 10.1. The number of allylic oxidation sites excluding steroid dienone is 20. The first kappa shape index (κ1) is 95.5. The summed E-state index contributed by atoms with van der Waals surface area (Å²) >= 11 is 0. The molecule has 0 aromatic rings. The van der Waals surface area contributed by atoms with Gasteiger partial charge in [0.1, 0.15) is 19.3 Å². The number of ether oxygens (including phenoxy) is 4. The Kier molecular flexibility index (Phi) is 69.5. The lowest BCUT2D eigenvalue weighted by atomic mass is 10.0. The molecule has 3 N–H and O–H groups in total. The molecule has 19 heteroatoms. The lowest BCUT2D eigenvalue weighted by Crippen LogP contribution is -2.30. The van der Waals surface area contributed by atoms with Crippen LogP contribution < -0.4 is 0 Å². The van der Waals surface area contributed by atoms with Crippen LogP contribution in [0.5, 0.6) is 0 Å². The minimum atomic E-state index is -4.99. The Hall–Kier alpha value is -4.54. The molecule has 0 aliphatic rings. The highest BCUT2D eigenvalue weighted by atomic mass is 31.2. The van der Waals surface area contributed by atoms with Crippen molar-refractivity contribution in [2.45, 2.75) is 329 Å². The SMILES string of the molecule is CC/C=C\C/C=C\C/C=C\C/C=C\CCCCCCC(=O)OCC(COP(=O)(O)OCC(O)COP(=O)(O)OCC(COC(=O)CCCC/C=C\C/C=C\C/C=C\C/C=C\CC)OC(=O)CCCCCCCCCCCCCCC)OC(=O)CCCCCCC/C=C\C/C=C\CCCCC. The molecule has 5 atom stereocenters. The molecule has 0 aliphatic carbocycles. The maximum Gasteiger partial charge on any atom is 0.472 e. The van der Waals surface area contributed by atoms with Crippen LogP contribution in [0.2, 0.25) is 0 Å². The fourth-order valence-corrected chi connectivity index (χ4v) is 11.6. The van der Waals surface area contributed by atoms with Crippen LogP contribution in [-0.4, -0.2) is 96.7 Å². The van der Waals surface area contributed by atoms with Crippen LogP contribution in [-0.2, 0) is 65.4 Å². The summed E-state index contributed by atoms with van der Waals surface area (Å²) < 4.78 is 68.5. The average Bonchev–Trinajstić information content (AvgIpc) is 1.06. The van der Waals surface area contributed by atoms with Crippen molar-refractivity contribution >= 4 is 39.5 Å². The van der Waals surface area contributed by atoms with Crippen LogP contribution in [0.4, 0.5) is 0 Å². The van der Waals surface area contributed by atoms with Crippen molar-refractivity contribution in [3.63, 3.8) is 0 Å². The molecule has 100 heavy (non-hydrogen) atoms. The highest BCUT2D eigenvalue weighted by Crippen LogP contribution is 2.45. The summed E-state index contributed by atoms with van der Waals surface area (Å²) in [5.41, 5.74) is 0. The number of unbranched alkanes of at least 4 members (excludes halogenated alkanes) is 26. The van der Waals surface area contributed by atoms with Gasteiger partial charge in [-0.1, -0.05) is 271 Å². The van der Waals surface area contributed by atoms with Crippen molar-refractivity contribution in [3.05, 3.63) is 122 Å². The van der Waals surface area contributed by atoms with Crippen molar-refractivity contribution in [2.24, 2.45) is 0 Å². The quantitative estimate of drug-likeness (QED) is 0.0169. The standard InChI is InChI=1S/C81H138O17P2/c1-5-9-13-17-21-25-29-33-36-37-40-43-46-50-54-58-62-66-79(84)92-72-77(98-81(86)68-64-60-56-52-48-44-39-35-31-27-23-19-15-11-7-3)74-96-100(89,90)94-70-75(82)69-93-99(87,88)95-73-76(97-80(85)67-63-59-55-51-47-41-32-28-24-20-16-12-8-4)71-91-78(83)65-61-57-53-49-45-42-38-34-30-26-22-18-14-10-6-2/h9-10,13-14,21-23,25-27,33-36,38-40,43,45,49,75-77,82H,5-8,11-12,15-20,24,28-32,37,41-42,44,46-48,50-74H2,1-4H3,(H,87,88)(H,89,90)/b13-9-,14-10-,25-21-,26-22-,27-23-,36-33-,38-34-,39-35-,43-40-,49-45-. The van der Waals surface area contributed by atoms with E-state index in [0.29, 0.717) is 25.7 Å². The summed E-state index contributed by atoms with van der Waals surface area (Å²) in [5, 5.41) is 10.6. The number of hydrogen-bond acceptors (Lipinski definition) is 15. The van der Waals surface area contributed by atoms with Gasteiger partial charge in [-0.15, -0.1) is 0 Å². The summed E-state index contributed by atoms with van der Waals surface area (Å²) in [6.45, 7) is 4.54. The van der Waals surface area contributed by atoms with Gasteiger partial charge in [0, 0.05) is 25.7 Å². The molecular formula is C81H138O17P2. The zero-order valence-corrected chi connectivity index (χ0v) is 64.4. The van der Waals surface area contributed by atoms with Gasteiger partial charge >= 0.3 is 39.5 Å². The zero-order chi connectivity index (χ0) is 73.2. The zero-order valence-electron chi connectivity index (χ0n) is 62.6. The van der Waals surface area contributed by atoms with Gasteiger partial charge in [-0.05, 0) is 135 Å². The van der Waals surface area contributed by atoms with Gasteiger partial charge in [0.05, 0.1) is 26.4 Å². The summed E-state index contributed by atoms with van der Waals surface area (Å²) in [4.78, 5) is 72.9. The van der Waals surface area contributed by atoms with Crippen LogP contribution in [0.3, 0.4) is 0 Å². The van der Waals surface area contributed by atoms with Crippen molar-refractivity contribution in [1.82, 2.24) is 0 Å². The summed E-state index contributed by atoms with van der Waals surface area (Å²) in [6.07, 6.45) is 79.0. The molecule has 0 spiro atoms. The largest absolute Gasteiger partial charge is 0.472 e. The molecule has 5 unspecified atom stereocenters. The number of phosphoric acid groups is 2. The first-order valence-electron chi connectivity index (χ1n) is 38.8. The van der Waals surface area contributed by atoms with E-state index in [4.69, 9.17) is 37.0 Å². The van der Waals surface area contributed by atoms with E-state index in [1.54, 1.807) is 0 Å². The van der Waals surface area contributed by atoms with Crippen LogP contribution in [0.15, 0.2) is 122 Å². The highest BCUT2D eigenvalue weighted by molar-refractivity contribution is 7.47. The Morgan fingerprint density at radius 2 is 0.520 bits per heavy atom. The van der Waals surface area contributed by atoms with Crippen LogP contribution in [0.25, 0.3) is 0 Å². The molecule has 0 radical (unpaired) electrons. The third-order valence-electron chi connectivity index (χ3n) is 15.9. The van der Waals surface area contributed by atoms with E-state index in [1.165, 1.54) is 70.6 Å². The maximum atomic E-state index is 13.1. The third kappa shape index (κ3) is 71.8. The topological polar surface area (TPSA) is 237 Å². The predicted octanol–water partition coefficient (Wildman–Crippen LogP) is 22.3. The van der Waals surface area contributed by atoms with E-state index in [2.05, 4.69) is 149 Å². The molecule has 0 rings (SSSR count). The number of hydrogen-bond donors (Lipinski definition) is 3. The molecule has 0 saturated heterocycles. The molecule has 0 amide bonds. The van der Waals surface area contributed by atoms with Crippen molar-refractivity contribution < 1.29 is 80.2 Å². The van der Waals surface area contributed by atoms with Gasteiger partial charge in [0.15, 0.2) is 12.2 Å². The Labute approximate surface area is 606 Å². The van der Waals surface area contributed by atoms with Gasteiger partial charge < -0.3 is 33.8 Å². The van der Waals surface area contributed by atoms with Gasteiger partial charge in [-0.3, -0.25) is 37.3 Å². The van der Waals surface area contributed by atoms with Gasteiger partial charge in [-0.2, -0.15) is 0 Å². The van der Waals surface area contributed by atoms with Crippen molar-refractivity contribution in [3.8, 4) is 0 Å². The van der Waals surface area contributed by atoms with Gasteiger partial charge in [0.25, 0.3) is 0 Å². The second kappa shape index (κ2) is 72.8. The van der Waals surface area contributed by atoms with E-state index >= 15 is 0 Å². The van der Waals surface area contributed by atoms with E-state index in [1.807, 2.05) is 0 Å². The van der Waals surface area contributed by atoms with Crippen LogP contribution >= 0.6 is 15.6 Å². The Balaban J connectivity index is 5.41. The van der Waals surface area contributed by atoms with Crippen LogP contribution in [0, 0.1) is 0 Å². The smallest absolute Gasteiger partial charge is 0.462 e. The first-order chi connectivity index (χ1) is 48.7. The van der Waals surface area contributed by atoms with Crippen molar-refractivity contribution in [2.75, 3.05) is 39.6 Å². The number of phosphoric ester groups is 2. The summed E-state index contributed by atoms with van der Waals surface area (Å²) in [7, 11) is -9.97. The lowest BCUT2D eigenvalue weighted by molar-refractivity contribution is -0.161. The Morgan fingerprint density at radius 1 is 0.290 bits per heavy atom. The number of esters is 4. The lowest BCUT2D eigenvalue weighted by Gasteiger charge is -2.21. The molecule has 0 aromatic heterocycles. The molecule has 0 saturated carbocycles. The Morgan fingerprint density at radius 3 is 0.840 bits per heavy atom. The molecular weight excluding hydrogens is 1310 g/mol. The molecule has 17 nitrogen and oxygen atoms in total. The second-order valence-electron chi connectivity index (χ2n) is 25.5. The molecule has 0 bridgehead atoms. The molecule has 0 fully saturated rings. The van der Waals surface area contributed by atoms with E-state index in [9.17, 15) is 43.2 Å². The second-order valence-corrected chi connectivity index (χ2v) is 28.4. The predicted molar refractivity (Wildman–Crippen MR) is 408 cm³/mol. The molecule has 0 aromatic carbocycles. The van der Waals surface area contributed by atoms with E-state index in [-0.39, 0.29) is 25.7 Å². The van der Waals surface area contributed by atoms with E-state index < -0.39 is 97.5 Å². The number of carbonyl (C=O) groups excluding carboxylic acids is 4. The van der Waals surface area contributed by atoms with E-state index in [0.717, 1.165) is 161 Å². The minimum Gasteiger partial charge on any atom is -0.462 e. The minimum absolute atomic E-state index is 0.0706. The molecule has 574 valence electrons. The maximum absolute atomic E-state index is 13.1. The Bertz CT molecular complexity index is 2370. The van der Waals surface area contributed by atoms with Gasteiger partial charge in [0.2, 0.25) is 0 Å². The van der Waals surface area contributed by atoms with Crippen LogP contribution in [0.1, 0.15) is 310 Å². The number of rotatable bonds is 72. The third-order valence-corrected chi connectivity index (χ3v) is 17.8. The summed E-state index contributed by atoms with van der Waals surface area (Å²) in [5.74, 6) is -2.26. The normalized spacial score (nSPS) is 14.6. The monoisotopic (exact) mass is 1440 g/mol. The first-order valence-corrected chi connectivity index (χ1v) is 41.8. The number of aliphatic hydroxyl groups excluding tert-OH is 1. The molecule has 0 aliphatic heterocycles. The highest BCUT2D eigenvalue weighted by Gasteiger charge is 2.30. The number of carbonyl (C=O) groups is 4. The van der Waals surface area contributed by atoms with Crippen molar-refractivity contribution in [1.29, 1.82) is 0 Å².